The Labute approximate surface area is 156 Å². The Morgan fingerprint density at radius 1 is 0.958 bits per heavy atom. The summed E-state index contributed by atoms with van der Waals surface area (Å²) in [6.45, 7) is 0. The second-order valence-electron chi connectivity index (χ2n) is 4.69. The lowest BCUT2D eigenvalue weighted by atomic mass is 10.0. The number of amidine groups is 1. The highest BCUT2D eigenvalue weighted by atomic mass is 35.5. The molecule has 24 heavy (non-hydrogen) atoms. The lowest BCUT2D eigenvalue weighted by molar-refractivity contribution is -0.115. The van der Waals surface area contributed by atoms with Crippen LogP contribution in [0.2, 0.25) is 0 Å². The van der Waals surface area contributed by atoms with Crippen LogP contribution in [-0.4, -0.2) is 16.7 Å². The summed E-state index contributed by atoms with van der Waals surface area (Å²) in [7, 11) is 0. The molecule has 0 saturated heterocycles. The molecule has 1 heterocycles. The first-order chi connectivity index (χ1) is 11.4. The van der Waals surface area contributed by atoms with Crippen molar-refractivity contribution in [3.05, 3.63) is 62.1 Å². The lowest BCUT2D eigenvalue weighted by Crippen LogP contribution is -2.25. The molecule has 1 aliphatic carbocycles. The predicted molar refractivity (Wildman–Crippen MR) is 97.8 cm³/mol. The van der Waals surface area contributed by atoms with Crippen LogP contribution in [0.4, 0.5) is 5.69 Å². The molecule has 0 fully saturated rings. The van der Waals surface area contributed by atoms with Gasteiger partial charge in [0.25, 0.3) is 0 Å². The Kier molecular flexibility index (Phi) is 4.73. The molecule has 0 radical (unpaired) electrons. The third-order valence-electron chi connectivity index (χ3n) is 3.16. The summed E-state index contributed by atoms with van der Waals surface area (Å²) in [4.78, 5) is 24.8. The number of anilines is 1. The number of hydrazone groups is 1. The van der Waals surface area contributed by atoms with Crippen molar-refractivity contribution in [2.24, 2.45) is 10.8 Å². The van der Waals surface area contributed by atoms with Gasteiger partial charge in [0.15, 0.2) is 5.17 Å². The fraction of sp³-hybridized carbons (Fsp3) is 0. The first-order valence-corrected chi connectivity index (χ1v) is 8.48. The van der Waals surface area contributed by atoms with Gasteiger partial charge in [0.05, 0.1) is 11.3 Å². The van der Waals surface area contributed by atoms with Crippen LogP contribution in [0.25, 0.3) is 0 Å². The van der Waals surface area contributed by atoms with E-state index in [-0.39, 0.29) is 20.8 Å². The average Bonchev–Trinajstić information content (AvgIpc) is 2.59. The maximum absolute atomic E-state index is 12.4. The van der Waals surface area contributed by atoms with Crippen molar-refractivity contribution in [3.8, 4) is 0 Å². The van der Waals surface area contributed by atoms with Gasteiger partial charge >= 0.3 is 0 Å². The number of thioether (sulfide) groups is 1. The van der Waals surface area contributed by atoms with E-state index in [0.717, 1.165) is 17.4 Å². The molecule has 9 heteroatoms. The van der Waals surface area contributed by atoms with Crippen LogP contribution in [0.1, 0.15) is 0 Å². The van der Waals surface area contributed by atoms with Gasteiger partial charge in [0, 0.05) is 11.1 Å². The second kappa shape index (κ2) is 6.64. The topological polar surface area (TPSA) is 75.8 Å². The molecule has 122 valence electrons. The van der Waals surface area contributed by atoms with Gasteiger partial charge in [-0.1, -0.05) is 53.0 Å². The molecule has 2 aliphatic rings. The molecule has 1 aromatic carbocycles. The minimum atomic E-state index is -0.702. The molecule has 0 spiro atoms. The van der Waals surface area contributed by atoms with E-state index in [1.165, 1.54) is 5.01 Å². The van der Waals surface area contributed by atoms with Gasteiger partial charge in [0.2, 0.25) is 11.6 Å². The summed E-state index contributed by atoms with van der Waals surface area (Å²) in [5.41, 5.74) is 6.53. The molecule has 5 nitrogen and oxygen atoms in total. The molecule has 3 rings (SSSR count). The molecule has 0 bridgehead atoms. The molecule has 0 aromatic heterocycles. The molecule has 2 N–H and O–H groups in total. The summed E-state index contributed by atoms with van der Waals surface area (Å²) >= 11 is 18.6. The van der Waals surface area contributed by atoms with Crippen molar-refractivity contribution in [1.82, 2.24) is 0 Å². The van der Waals surface area contributed by atoms with E-state index in [0.29, 0.717) is 4.91 Å². The van der Waals surface area contributed by atoms with Crippen molar-refractivity contribution in [3.63, 3.8) is 0 Å². The van der Waals surface area contributed by atoms with E-state index >= 15 is 0 Å². The number of rotatable bonds is 2. The van der Waals surface area contributed by atoms with Gasteiger partial charge in [-0.15, -0.1) is 5.10 Å². The number of allylic oxidation sites excluding steroid dienone is 4. The molecular weight excluding hydrogens is 393 g/mol. The zero-order chi connectivity index (χ0) is 17.4. The van der Waals surface area contributed by atoms with Crippen LogP contribution in [0.5, 0.6) is 0 Å². The van der Waals surface area contributed by atoms with Gasteiger partial charge in [-0.2, -0.15) is 0 Å². The van der Waals surface area contributed by atoms with Crippen LogP contribution in [0.3, 0.4) is 0 Å². The quantitative estimate of drug-likeness (QED) is 0.767. The number of hydrogen-bond donors (Lipinski definition) is 1. The molecular formula is C15H8Cl3N3O2S. The van der Waals surface area contributed by atoms with E-state index in [2.05, 4.69) is 5.10 Å². The smallest absolute Gasteiger partial charge is 0.218 e. The van der Waals surface area contributed by atoms with Crippen molar-refractivity contribution < 1.29 is 9.59 Å². The predicted octanol–water partition coefficient (Wildman–Crippen LogP) is 3.64. The summed E-state index contributed by atoms with van der Waals surface area (Å²) in [5.74, 6) is -1.33. The minimum Gasteiger partial charge on any atom is -0.377 e. The van der Waals surface area contributed by atoms with Gasteiger partial charge < -0.3 is 5.73 Å². The van der Waals surface area contributed by atoms with Crippen LogP contribution in [-0.2, 0) is 9.59 Å². The summed E-state index contributed by atoms with van der Waals surface area (Å²) in [5, 5.41) is 4.81. The van der Waals surface area contributed by atoms with Gasteiger partial charge in [0.1, 0.15) is 15.1 Å². The van der Waals surface area contributed by atoms with Crippen molar-refractivity contribution in [2.75, 3.05) is 5.01 Å². The van der Waals surface area contributed by atoms with Crippen LogP contribution in [0.15, 0.2) is 67.2 Å². The SMILES string of the molecule is NC1=NN(c2ccccc2)C=C(C2=C(Cl)C(=O)C(Cl)=C(Cl)C2=O)S1. The normalized spacial score (nSPS) is 18.9. The Bertz CT molecular complexity index is 875. The minimum absolute atomic E-state index is 0.0418. The van der Waals surface area contributed by atoms with E-state index in [9.17, 15) is 9.59 Å². The van der Waals surface area contributed by atoms with E-state index < -0.39 is 16.6 Å². The highest BCUT2D eigenvalue weighted by Gasteiger charge is 2.35. The fourth-order valence-corrected chi connectivity index (χ4v) is 3.62. The van der Waals surface area contributed by atoms with E-state index in [1.54, 1.807) is 6.20 Å². The van der Waals surface area contributed by atoms with E-state index in [4.69, 9.17) is 40.5 Å². The zero-order valence-corrected chi connectivity index (χ0v) is 14.9. The lowest BCUT2D eigenvalue weighted by Gasteiger charge is -2.24. The average molecular weight is 401 g/mol. The highest BCUT2D eigenvalue weighted by Crippen LogP contribution is 2.40. The number of nitrogens with two attached hydrogens (primary N) is 1. The first kappa shape index (κ1) is 17.1. The molecule has 0 unspecified atom stereocenters. The number of Topliss-reactive ketones (excluding diaryl/α,β-unsaturated/α-hetero) is 2. The molecule has 0 saturated carbocycles. The summed E-state index contributed by atoms with van der Waals surface area (Å²) < 4.78 is 0. The third-order valence-corrected chi connectivity index (χ3v) is 5.16. The second-order valence-corrected chi connectivity index (χ2v) is 6.89. The van der Waals surface area contributed by atoms with Crippen molar-refractivity contribution >= 4 is 69.0 Å². The van der Waals surface area contributed by atoms with Crippen molar-refractivity contribution in [1.29, 1.82) is 0 Å². The summed E-state index contributed by atoms with van der Waals surface area (Å²) in [6, 6.07) is 9.15. The number of carbonyl (C=O) groups is 2. The number of hydrogen-bond acceptors (Lipinski definition) is 6. The van der Waals surface area contributed by atoms with Crippen molar-refractivity contribution in [2.45, 2.75) is 0 Å². The van der Waals surface area contributed by atoms with Crippen LogP contribution >= 0.6 is 46.6 Å². The number of carbonyl (C=O) groups excluding carboxylic acids is 2. The first-order valence-electron chi connectivity index (χ1n) is 6.53. The fourth-order valence-electron chi connectivity index (χ4n) is 2.07. The standard InChI is InChI=1S/C15H8Cl3N3O2S/c16-10-9(13(22)11(17)12(18)14(10)23)8-6-21(20-15(19)24-8)7-4-2-1-3-5-7/h1-6H,(H2,19,20). The number of halogens is 3. The maximum Gasteiger partial charge on any atom is 0.218 e. The Balaban J connectivity index is 2.07. The number of benzene rings is 1. The third kappa shape index (κ3) is 2.98. The monoisotopic (exact) mass is 399 g/mol. The maximum atomic E-state index is 12.4. The van der Waals surface area contributed by atoms with Crippen LogP contribution in [0, 0.1) is 0 Å². The Hall–Kier alpha value is -1.73. The zero-order valence-electron chi connectivity index (χ0n) is 11.8. The van der Waals surface area contributed by atoms with Gasteiger partial charge in [-0.3, -0.25) is 9.59 Å². The Morgan fingerprint density at radius 2 is 1.58 bits per heavy atom. The molecule has 1 aromatic rings. The van der Waals surface area contributed by atoms with E-state index in [1.807, 2.05) is 30.3 Å². The van der Waals surface area contributed by atoms with Gasteiger partial charge in [-0.25, -0.2) is 5.01 Å². The number of ketones is 2. The summed E-state index contributed by atoms with van der Waals surface area (Å²) in [6.07, 6.45) is 1.56. The molecule has 0 amide bonds. The molecule has 0 atom stereocenters. The largest absolute Gasteiger partial charge is 0.377 e. The highest BCUT2D eigenvalue weighted by molar-refractivity contribution is 8.17. The Morgan fingerprint density at radius 3 is 2.25 bits per heavy atom. The van der Waals surface area contributed by atoms with Crippen LogP contribution < -0.4 is 10.7 Å². The number of para-hydroxylation sites is 1. The molecule has 1 aliphatic heterocycles. The number of nitrogens with zero attached hydrogens (tertiary/aromatic N) is 2. The van der Waals surface area contributed by atoms with Gasteiger partial charge in [-0.05, 0) is 23.9 Å².